The second-order valence-electron chi connectivity index (χ2n) is 7.18. The molecule has 5 heteroatoms. The van der Waals surface area contributed by atoms with Crippen LogP contribution in [0.25, 0.3) is 10.9 Å². The van der Waals surface area contributed by atoms with Crippen LogP contribution in [0.5, 0.6) is 0 Å². The van der Waals surface area contributed by atoms with Gasteiger partial charge >= 0.3 is 0 Å². The molecule has 0 spiro atoms. The number of benzene rings is 1. The number of likely N-dealkylation sites (N-methyl/N-ethyl adjacent to an activating group) is 1. The zero-order valence-electron chi connectivity index (χ0n) is 14.5. The Morgan fingerprint density at radius 3 is 2.92 bits per heavy atom. The lowest BCUT2D eigenvalue weighted by Gasteiger charge is -2.28. The van der Waals surface area contributed by atoms with E-state index in [2.05, 4.69) is 27.6 Å². The topological polar surface area (TPSA) is 41.3 Å². The van der Waals surface area contributed by atoms with Gasteiger partial charge in [-0.25, -0.2) is 0 Å². The molecule has 0 radical (unpaired) electrons. The van der Waals surface area contributed by atoms with E-state index in [0.29, 0.717) is 6.54 Å². The summed E-state index contributed by atoms with van der Waals surface area (Å²) in [6, 6.07) is 9.82. The monoisotopic (exact) mass is 355 g/mol. The number of hydrogen-bond acceptors (Lipinski definition) is 3. The second-order valence-corrected chi connectivity index (χ2v) is 7.61. The van der Waals surface area contributed by atoms with Crippen LogP contribution in [0.4, 0.5) is 0 Å². The molecule has 2 aromatic heterocycles. The van der Waals surface area contributed by atoms with Crippen molar-refractivity contribution in [3.63, 3.8) is 0 Å². The van der Waals surface area contributed by atoms with E-state index in [4.69, 9.17) is 11.6 Å². The first kappa shape index (κ1) is 16.6. The van der Waals surface area contributed by atoms with Crippen molar-refractivity contribution in [2.75, 3.05) is 13.6 Å². The molecule has 1 aromatic carbocycles. The van der Waals surface area contributed by atoms with Gasteiger partial charge in [0.15, 0.2) is 0 Å². The van der Waals surface area contributed by atoms with Crippen LogP contribution in [0.3, 0.4) is 0 Å². The smallest absolute Gasteiger partial charge is 0.106 e. The minimum absolute atomic E-state index is 0.496. The molecule has 130 valence electrons. The third kappa shape index (κ3) is 2.95. The molecule has 0 aliphatic carbocycles. The van der Waals surface area contributed by atoms with Crippen molar-refractivity contribution in [2.24, 2.45) is 0 Å². The molecular weight excluding hydrogens is 334 g/mol. The number of nitrogens with zero attached hydrogens (tertiary/aromatic N) is 3. The molecule has 4 nitrogen and oxygen atoms in total. The van der Waals surface area contributed by atoms with Crippen molar-refractivity contribution < 1.29 is 5.11 Å². The van der Waals surface area contributed by atoms with Gasteiger partial charge < -0.3 is 14.6 Å². The number of rotatable bonds is 3. The highest BCUT2D eigenvalue weighted by Crippen LogP contribution is 2.34. The Balaban J connectivity index is 1.85. The highest BCUT2D eigenvalue weighted by atomic mass is 35.5. The van der Waals surface area contributed by atoms with Crippen molar-refractivity contribution in [3.8, 4) is 0 Å². The molecule has 3 aromatic rings. The lowest BCUT2D eigenvalue weighted by molar-refractivity contribution is 0.0381. The zero-order valence-corrected chi connectivity index (χ0v) is 15.3. The lowest BCUT2D eigenvalue weighted by Crippen LogP contribution is -2.31. The van der Waals surface area contributed by atoms with Crippen LogP contribution in [0.1, 0.15) is 23.7 Å². The van der Waals surface area contributed by atoms with Gasteiger partial charge in [-0.2, -0.15) is 0 Å². The van der Waals surface area contributed by atoms with Crippen molar-refractivity contribution >= 4 is 22.5 Å². The Labute approximate surface area is 152 Å². The Morgan fingerprint density at radius 1 is 1.32 bits per heavy atom. The fraction of sp³-hybridized carbons (Fsp3) is 0.350. The first-order chi connectivity index (χ1) is 12.0. The highest BCUT2D eigenvalue weighted by molar-refractivity contribution is 6.31. The van der Waals surface area contributed by atoms with Crippen molar-refractivity contribution in [2.45, 2.75) is 32.0 Å². The van der Waals surface area contributed by atoms with Gasteiger partial charge in [-0.05, 0) is 43.8 Å². The summed E-state index contributed by atoms with van der Waals surface area (Å²) in [4.78, 5) is 6.48. The third-order valence-electron chi connectivity index (χ3n) is 5.16. The van der Waals surface area contributed by atoms with Gasteiger partial charge in [0.05, 0.1) is 6.54 Å². The average molecular weight is 356 g/mol. The van der Waals surface area contributed by atoms with Crippen molar-refractivity contribution in [1.82, 2.24) is 14.5 Å². The SMILES string of the molecule is CN1CCc2c(c3cc(Cl)ccc3n2CC(C)(O)c2cccnc2)C1. The van der Waals surface area contributed by atoms with E-state index < -0.39 is 5.60 Å². The van der Waals surface area contributed by atoms with Gasteiger partial charge in [-0.1, -0.05) is 17.7 Å². The van der Waals surface area contributed by atoms with E-state index in [0.717, 1.165) is 35.6 Å². The molecular formula is C20H22ClN3O. The fourth-order valence-electron chi connectivity index (χ4n) is 3.82. The number of halogens is 1. The van der Waals surface area contributed by atoms with Crippen LogP contribution >= 0.6 is 11.6 Å². The predicted molar refractivity (Wildman–Crippen MR) is 101 cm³/mol. The Morgan fingerprint density at radius 2 is 2.16 bits per heavy atom. The van der Waals surface area contributed by atoms with E-state index in [1.54, 1.807) is 12.4 Å². The standard InChI is InChI=1S/C20H22ClN3O/c1-20(25,14-4-3-8-22-11-14)13-24-18-6-5-15(21)10-16(18)17-12-23(2)9-7-19(17)24/h3-6,8,10-11,25H,7,9,12-13H2,1-2H3. The van der Waals surface area contributed by atoms with Crippen molar-refractivity contribution in [3.05, 3.63) is 64.6 Å². The van der Waals surface area contributed by atoms with Gasteiger partial charge in [0.1, 0.15) is 5.60 Å². The van der Waals surface area contributed by atoms with Gasteiger partial charge in [0.25, 0.3) is 0 Å². The summed E-state index contributed by atoms with van der Waals surface area (Å²) in [5.74, 6) is 0. The molecule has 1 aliphatic rings. The summed E-state index contributed by atoms with van der Waals surface area (Å²) < 4.78 is 2.26. The summed E-state index contributed by atoms with van der Waals surface area (Å²) in [7, 11) is 2.14. The zero-order chi connectivity index (χ0) is 17.6. The predicted octanol–water partition coefficient (Wildman–Crippen LogP) is 3.59. The summed E-state index contributed by atoms with van der Waals surface area (Å²) >= 11 is 6.26. The second kappa shape index (κ2) is 6.13. The molecule has 3 heterocycles. The van der Waals surface area contributed by atoms with Gasteiger partial charge in [0.2, 0.25) is 0 Å². The third-order valence-corrected chi connectivity index (χ3v) is 5.39. The number of aliphatic hydroxyl groups is 1. The van der Waals surface area contributed by atoms with Gasteiger partial charge in [0, 0.05) is 59.1 Å². The maximum atomic E-state index is 11.1. The number of aromatic nitrogens is 2. The van der Waals surface area contributed by atoms with Crippen LogP contribution in [-0.2, 0) is 25.1 Å². The summed E-state index contributed by atoms with van der Waals surface area (Å²) in [6.45, 7) is 4.28. The Bertz CT molecular complexity index is 918. The van der Waals surface area contributed by atoms with Gasteiger partial charge in [-0.3, -0.25) is 4.98 Å². The first-order valence-corrected chi connectivity index (χ1v) is 8.94. The Hall–Kier alpha value is -1.88. The fourth-order valence-corrected chi connectivity index (χ4v) is 3.99. The van der Waals surface area contributed by atoms with E-state index in [1.807, 2.05) is 31.2 Å². The first-order valence-electron chi connectivity index (χ1n) is 8.56. The molecule has 1 unspecified atom stereocenters. The maximum Gasteiger partial charge on any atom is 0.106 e. The Kier molecular flexibility index (Phi) is 4.07. The van der Waals surface area contributed by atoms with E-state index in [-0.39, 0.29) is 0 Å². The molecule has 1 N–H and O–H groups in total. The van der Waals surface area contributed by atoms with E-state index >= 15 is 0 Å². The molecule has 0 bridgehead atoms. The van der Waals surface area contributed by atoms with Crippen LogP contribution in [-0.4, -0.2) is 33.1 Å². The largest absolute Gasteiger partial charge is 0.384 e. The van der Waals surface area contributed by atoms with Crippen LogP contribution in [0.15, 0.2) is 42.7 Å². The quantitative estimate of drug-likeness (QED) is 0.780. The van der Waals surface area contributed by atoms with E-state index in [1.165, 1.54) is 16.6 Å². The molecule has 4 rings (SSSR count). The van der Waals surface area contributed by atoms with E-state index in [9.17, 15) is 5.11 Å². The van der Waals surface area contributed by atoms with Crippen LogP contribution in [0, 0.1) is 0 Å². The van der Waals surface area contributed by atoms with Gasteiger partial charge in [-0.15, -0.1) is 0 Å². The molecule has 0 saturated heterocycles. The molecule has 1 aliphatic heterocycles. The molecule has 25 heavy (non-hydrogen) atoms. The number of fused-ring (bicyclic) bond motifs is 3. The summed E-state index contributed by atoms with van der Waals surface area (Å²) in [5.41, 5.74) is 3.60. The average Bonchev–Trinajstić information content (AvgIpc) is 2.88. The maximum absolute atomic E-state index is 11.1. The normalized spacial score (nSPS) is 17.4. The minimum atomic E-state index is -0.989. The van der Waals surface area contributed by atoms with Crippen LogP contribution in [0.2, 0.25) is 5.02 Å². The highest BCUT2D eigenvalue weighted by Gasteiger charge is 2.29. The molecule has 0 amide bonds. The molecule has 0 saturated carbocycles. The van der Waals surface area contributed by atoms with Crippen LogP contribution < -0.4 is 0 Å². The molecule has 0 fully saturated rings. The summed E-state index contributed by atoms with van der Waals surface area (Å²) in [5, 5.41) is 13.1. The number of hydrogen-bond donors (Lipinski definition) is 1. The molecule has 1 atom stereocenters. The van der Waals surface area contributed by atoms with Crippen molar-refractivity contribution in [1.29, 1.82) is 0 Å². The lowest BCUT2D eigenvalue weighted by atomic mass is 9.97. The summed E-state index contributed by atoms with van der Waals surface area (Å²) in [6.07, 6.45) is 4.44. The number of pyridine rings is 1. The minimum Gasteiger partial charge on any atom is -0.384 e.